The molecule has 0 bridgehead atoms. The minimum atomic E-state index is -0.367. The van der Waals surface area contributed by atoms with Crippen molar-refractivity contribution in [3.05, 3.63) is 35.9 Å². The van der Waals surface area contributed by atoms with Gasteiger partial charge in [0.05, 0.1) is 19.4 Å². The minimum Gasteiger partial charge on any atom is -0.469 e. The molecule has 0 spiro atoms. The van der Waals surface area contributed by atoms with Gasteiger partial charge in [0.1, 0.15) is 0 Å². The maximum Gasteiger partial charge on any atom is 0.307 e. The third-order valence-electron chi connectivity index (χ3n) is 3.66. The van der Waals surface area contributed by atoms with E-state index in [0.29, 0.717) is 13.1 Å². The Morgan fingerprint density at radius 2 is 2.05 bits per heavy atom. The van der Waals surface area contributed by atoms with E-state index in [4.69, 9.17) is 0 Å². The van der Waals surface area contributed by atoms with Gasteiger partial charge in [-0.1, -0.05) is 30.3 Å². The number of amides is 2. The highest BCUT2D eigenvalue weighted by molar-refractivity contribution is 5.89. The average molecular weight is 304 g/mol. The summed E-state index contributed by atoms with van der Waals surface area (Å²) in [5.41, 5.74) is 1.04. The Kier molecular flexibility index (Phi) is 5.52. The van der Waals surface area contributed by atoms with E-state index in [9.17, 15) is 14.4 Å². The summed E-state index contributed by atoms with van der Waals surface area (Å²) in [6.07, 6.45) is 0.355. The molecule has 1 aromatic carbocycles. The molecule has 1 heterocycles. The molecule has 1 aromatic rings. The van der Waals surface area contributed by atoms with Gasteiger partial charge in [-0.2, -0.15) is 0 Å². The van der Waals surface area contributed by atoms with Gasteiger partial charge >= 0.3 is 5.97 Å². The number of esters is 1. The number of carbonyl (C=O) groups excluding carboxylic acids is 3. The SMILES string of the molecule is COC(=O)CCNC(=O)C1CC(=O)N(Cc2ccccc2)C1. The van der Waals surface area contributed by atoms with Crippen LogP contribution in [0.5, 0.6) is 0 Å². The molecule has 1 unspecified atom stereocenters. The highest BCUT2D eigenvalue weighted by Crippen LogP contribution is 2.20. The second-order valence-electron chi connectivity index (χ2n) is 5.28. The number of likely N-dealkylation sites (tertiary alicyclic amines) is 1. The number of carbonyl (C=O) groups is 3. The van der Waals surface area contributed by atoms with Crippen molar-refractivity contribution in [1.82, 2.24) is 10.2 Å². The molecule has 0 radical (unpaired) electrons. The van der Waals surface area contributed by atoms with Crippen molar-refractivity contribution in [1.29, 1.82) is 0 Å². The Morgan fingerprint density at radius 3 is 2.73 bits per heavy atom. The van der Waals surface area contributed by atoms with Crippen LogP contribution < -0.4 is 5.32 Å². The summed E-state index contributed by atoms with van der Waals surface area (Å²) in [7, 11) is 1.31. The fourth-order valence-electron chi connectivity index (χ4n) is 2.44. The zero-order chi connectivity index (χ0) is 15.9. The van der Waals surface area contributed by atoms with E-state index in [-0.39, 0.29) is 43.1 Å². The lowest BCUT2D eigenvalue weighted by molar-refractivity contribution is -0.140. The second-order valence-corrected chi connectivity index (χ2v) is 5.28. The van der Waals surface area contributed by atoms with Crippen LogP contribution in [0, 0.1) is 5.92 Å². The molecule has 1 aliphatic heterocycles. The predicted octanol–water partition coefficient (Wildman–Crippen LogP) is 0.714. The maximum absolute atomic E-state index is 12.0. The van der Waals surface area contributed by atoms with Crippen LogP contribution in [0.3, 0.4) is 0 Å². The molecule has 2 rings (SSSR count). The summed E-state index contributed by atoms with van der Waals surface area (Å²) in [6, 6.07) is 9.68. The Bertz CT molecular complexity index is 544. The Morgan fingerprint density at radius 1 is 1.32 bits per heavy atom. The van der Waals surface area contributed by atoms with Gasteiger partial charge in [-0.25, -0.2) is 0 Å². The van der Waals surface area contributed by atoms with E-state index >= 15 is 0 Å². The zero-order valence-electron chi connectivity index (χ0n) is 12.6. The Balaban J connectivity index is 1.81. The molecular formula is C16H20N2O4. The van der Waals surface area contributed by atoms with Gasteiger partial charge in [0, 0.05) is 26.1 Å². The highest BCUT2D eigenvalue weighted by atomic mass is 16.5. The quantitative estimate of drug-likeness (QED) is 0.786. The summed E-state index contributed by atoms with van der Waals surface area (Å²) in [5, 5.41) is 2.68. The fourth-order valence-corrected chi connectivity index (χ4v) is 2.44. The summed E-state index contributed by atoms with van der Waals surface area (Å²) >= 11 is 0. The predicted molar refractivity (Wildman–Crippen MR) is 79.6 cm³/mol. The Hall–Kier alpha value is -2.37. The number of ether oxygens (including phenoxy) is 1. The molecule has 1 atom stereocenters. The molecular weight excluding hydrogens is 284 g/mol. The van der Waals surface area contributed by atoms with Crippen LogP contribution in [-0.2, 0) is 25.7 Å². The van der Waals surface area contributed by atoms with E-state index in [1.807, 2.05) is 30.3 Å². The van der Waals surface area contributed by atoms with Gasteiger partial charge in [0.25, 0.3) is 0 Å². The molecule has 1 saturated heterocycles. The first-order chi connectivity index (χ1) is 10.6. The van der Waals surface area contributed by atoms with Crippen LogP contribution in [0.1, 0.15) is 18.4 Å². The van der Waals surface area contributed by atoms with Crippen LogP contribution in [0.4, 0.5) is 0 Å². The first-order valence-corrected chi connectivity index (χ1v) is 7.26. The van der Waals surface area contributed by atoms with E-state index in [1.54, 1.807) is 4.90 Å². The highest BCUT2D eigenvalue weighted by Gasteiger charge is 2.34. The lowest BCUT2D eigenvalue weighted by Crippen LogP contribution is -2.34. The molecule has 22 heavy (non-hydrogen) atoms. The van der Waals surface area contributed by atoms with Crippen LogP contribution >= 0.6 is 0 Å². The normalized spacial score (nSPS) is 17.4. The number of hydrogen-bond acceptors (Lipinski definition) is 4. The topological polar surface area (TPSA) is 75.7 Å². The van der Waals surface area contributed by atoms with Crippen LogP contribution in [-0.4, -0.2) is 42.9 Å². The minimum absolute atomic E-state index is 0.0167. The molecule has 6 heteroatoms. The number of rotatable bonds is 6. The van der Waals surface area contributed by atoms with Gasteiger partial charge in [-0.15, -0.1) is 0 Å². The summed E-state index contributed by atoms with van der Waals surface area (Å²) < 4.78 is 4.51. The van der Waals surface area contributed by atoms with Crippen molar-refractivity contribution in [2.45, 2.75) is 19.4 Å². The number of methoxy groups -OCH3 is 1. The number of nitrogens with zero attached hydrogens (tertiary/aromatic N) is 1. The maximum atomic E-state index is 12.0. The number of hydrogen-bond donors (Lipinski definition) is 1. The summed E-state index contributed by atoms with van der Waals surface area (Å²) in [5.74, 6) is -0.924. The lowest BCUT2D eigenvalue weighted by Gasteiger charge is -2.16. The first-order valence-electron chi connectivity index (χ1n) is 7.26. The molecule has 2 amide bonds. The lowest BCUT2D eigenvalue weighted by atomic mass is 10.1. The number of benzene rings is 1. The molecule has 0 aromatic heterocycles. The molecule has 0 aliphatic carbocycles. The molecule has 0 saturated carbocycles. The van der Waals surface area contributed by atoms with Crippen molar-refractivity contribution in [2.75, 3.05) is 20.2 Å². The monoisotopic (exact) mass is 304 g/mol. The van der Waals surface area contributed by atoms with Gasteiger partial charge in [-0.3, -0.25) is 14.4 Å². The van der Waals surface area contributed by atoms with Crippen LogP contribution in [0.15, 0.2) is 30.3 Å². The zero-order valence-corrected chi connectivity index (χ0v) is 12.6. The van der Waals surface area contributed by atoms with E-state index in [1.165, 1.54) is 7.11 Å². The summed E-state index contributed by atoms with van der Waals surface area (Å²) in [4.78, 5) is 36.7. The smallest absolute Gasteiger partial charge is 0.307 e. The summed E-state index contributed by atoms with van der Waals surface area (Å²) in [6.45, 7) is 1.16. The van der Waals surface area contributed by atoms with Crippen molar-refractivity contribution < 1.29 is 19.1 Å². The van der Waals surface area contributed by atoms with E-state index in [0.717, 1.165) is 5.56 Å². The first kappa shape index (κ1) is 16.0. The largest absolute Gasteiger partial charge is 0.469 e. The molecule has 1 N–H and O–H groups in total. The van der Waals surface area contributed by atoms with Gasteiger partial charge in [0.2, 0.25) is 11.8 Å². The standard InChI is InChI=1S/C16H20N2O4/c1-22-15(20)7-8-17-16(21)13-9-14(19)18(11-13)10-12-5-3-2-4-6-12/h2-6,13H,7-11H2,1H3,(H,17,21). The molecule has 1 aliphatic rings. The third-order valence-corrected chi connectivity index (χ3v) is 3.66. The van der Waals surface area contributed by atoms with Crippen molar-refractivity contribution in [3.63, 3.8) is 0 Å². The van der Waals surface area contributed by atoms with E-state index in [2.05, 4.69) is 10.1 Å². The number of nitrogens with one attached hydrogen (secondary N) is 1. The van der Waals surface area contributed by atoms with Crippen molar-refractivity contribution in [3.8, 4) is 0 Å². The van der Waals surface area contributed by atoms with Crippen molar-refractivity contribution >= 4 is 17.8 Å². The van der Waals surface area contributed by atoms with Gasteiger partial charge in [-0.05, 0) is 5.56 Å². The molecule has 118 valence electrons. The third kappa shape index (κ3) is 4.31. The van der Waals surface area contributed by atoms with E-state index < -0.39 is 0 Å². The fraction of sp³-hybridized carbons (Fsp3) is 0.438. The second kappa shape index (κ2) is 7.59. The molecule has 6 nitrogen and oxygen atoms in total. The average Bonchev–Trinajstić information content (AvgIpc) is 2.89. The van der Waals surface area contributed by atoms with Crippen LogP contribution in [0.2, 0.25) is 0 Å². The molecule has 1 fully saturated rings. The van der Waals surface area contributed by atoms with Gasteiger partial charge in [0.15, 0.2) is 0 Å². The van der Waals surface area contributed by atoms with Crippen LogP contribution in [0.25, 0.3) is 0 Å². The van der Waals surface area contributed by atoms with Crippen molar-refractivity contribution in [2.24, 2.45) is 5.92 Å². The Labute approximate surface area is 129 Å². The van der Waals surface area contributed by atoms with Gasteiger partial charge < -0.3 is 15.0 Å².